The average Bonchev–Trinajstić information content (AvgIpc) is 3.82. The predicted molar refractivity (Wildman–Crippen MR) is 167 cm³/mol. The number of carbonyl (C=O) groups is 3. The van der Waals surface area contributed by atoms with E-state index in [0.717, 1.165) is 68.6 Å². The van der Waals surface area contributed by atoms with Gasteiger partial charge in [-0.25, -0.2) is 4.98 Å². The van der Waals surface area contributed by atoms with E-state index >= 15 is 0 Å². The van der Waals surface area contributed by atoms with Gasteiger partial charge in [0.15, 0.2) is 0 Å². The maximum atomic E-state index is 13.4. The number of nitrogens with one attached hydrogen (secondary N) is 1. The third kappa shape index (κ3) is 6.54. The van der Waals surface area contributed by atoms with Gasteiger partial charge in [0, 0.05) is 56.6 Å². The molecular weight excluding hydrogens is 548 g/mol. The monoisotopic (exact) mass is 590 g/mol. The average molecular weight is 591 g/mol. The molecule has 3 amide bonds. The molecule has 2 saturated heterocycles. The summed E-state index contributed by atoms with van der Waals surface area (Å²) in [5, 5.41) is 3.08. The normalized spacial score (nSPS) is 18.0. The predicted octanol–water partition coefficient (Wildman–Crippen LogP) is 5.50. The van der Waals surface area contributed by atoms with Crippen LogP contribution in [0.2, 0.25) is 0 Å². The molecule has 1 aromatic carbocycles. The molecule has 0 unspecified atom stereocenters. The molecule has 10 heteroatoms. The lowest BCUT2D eigenvalue weighted by molar-refractivity contribution is -0.127. The van der Waals surface area contributed by atoms with Crippen LogP contribution in [0.1, 0.15) is 78.8 Å². The van der Waals surface area contributed by atoms with Crippen LogP contribution in [0.25, 0.3) is 11.0 Å². The number of imidazole rings is 1. The van der Waals surface area contributed by atoms with Crippen molar-refractivity contribution in [3.63, 3.8) is 0 Å². The standard InChI is InChI=1S/C32H42N6O3S/c1-35(30(40)20-23-8-2-3-9-23)24-11-13-27-26(21-24)33-32(38(27)19-7-18-37-17-6-10-29(37)39)34-31(41)28-14-12-25(42-28)22-36-15-4-5-16-36/h11-14,21,23H,2-10,15-20,22H2,1H3,(H,33,34,41). The Morgan fingerprint density at radius 3 is 2.60 bits per heavy atom. The number of aromatic nitrogens is 2. The third-order valence-electron chi connectivity index (χ3n) is 9.10. The zero-order valence-electron chi connectivity index (χ0n) is 24.6. The number of amides is 3. The van der Waals surface area contributed by atoms with Crippen molar-refractivity contribution in [3.8, 4) is 0 Å². The van der Waals surface area contributed by atoms with E-state index in [4.69, 9.17) is 4.98 Å². The van der Waals surface area contributed by atoms with Crippen LogP contribution in [-0.2, 0) is 22.7 Å². The Labute approximate surface area is 251 Å². The third-order valence-corrected chi connectivity index (χ3v) is 10.2. The van der Waals surface area contributed by atoms with Crippen LogP contribution < -0.4 is 10.2 Å². The van der Waals surface area contributed by atoms with Crippen LogP contribution in [0.3, 0.4) is 0 Å². The largest absolute Gasteiger partial charge is 0.343 e. The molecular formula is C32H42N6O3S. The molecule has 1 saturated carbocycles. The molecule has 2 aliphatic heterocycles. The van der Waals surface area contributed by atoms with E-state index in [-0.39, 0.29) is 17.7 Å². The Bertz CT molecular complexity index is 1440. The molecule has 0 radical (unpaired) electrons. The lowest BCUT2D eigenvalue weighted by Gasteiger charge is -2.19. The van der Waals surface area contributed by atoms with Gasteiger partial charge < -0.3 is 14.4 Å². The van der Waals surface area contributed by atoms with E-state index in [2.05, 4.69) is 16.3 Å². The number of nitrogens with zero attached hydrogens (tertiary/aromatic N) is 5. The van der Waals surface area contributed by atoms with Crippen LogP contribution >= 0.6 is 11.3 Å². The van der Waals surface area contributed by atoms with E-state index in [0.29, 0.717) is 42.7 Å². The van der Waals surface area contributed by atoms with Gasteiger partial charge in [0.2, 0.25) is 17.8 Å². The summed E-state index contributed by atoms with van der Waals surface area (Å²) in [7, 11) is 1.84. The maximum absolute atomic E-state index is 13.4. The molecule has 3 aliphatic rings. The van der Waals surface area contributed by atoms with Gasteiger partial charge in [-0.2, -0.15) is 0 Å². The van der Waals surface area contributed by atoms with E-state index < -0.39 is 0 Å². The van der Waals surface area contributed by atoms with E-state index in [1.807, 2.05) is 40.8 Å². The van der Waals surface area contributed by atoms with Gasteiger partial charge in [-0.15, -0.1) is 11.3 Å². The van der Waals surface area contributed by atoms with Crippen molar-refractivity contribution in [1.82, 2.24) is 19.4 Å². The quantitative estimate of drug-likeness (QED) is 0.319. The summed E-state index contributed by atoms with van der Waals surface area (Å²) in [5.41, 5.74) is 2.45. The number of aryl methyl sites for hydroxylation is 1. The molecule has 42 heavy (non-hydrogen) atoms. The highest BCUT2D eigenvalue weighted by Crippen LogP contribution is 2.30. The van der Waals surface area contributed by atoms with Crippen molar-refractivity contribution in [2.24, 2.45) is 5.92 Å². The Balaban J connectivity index is 1.20. The van der Waals surface area contributed by atoms with Gasteiger partial charge in [0.1, 0.15) is 0 Å². The fourth-order valence-corrected chi connectivity index (χ4v) is 7.61. The van der Waals surface area contributed by atoms with Gasteiger partial charge in [-0.3, -0.25) is 24.6 Å². The fraction of sp³-hybridized carbons (Fsp3) is 0.562. The zero-order chi connectivity index (χ0) is 29.1. The van der Waals surface area contributed by atoms with E-state index in [9.17, 15) is 14.4 Å². The number of benzene rings is 1. The maximum Gasteiger partial charge on any atom is 0.268 e. The Hall–Kier alpha value is -3.24. The van der Waals surface area contributed by atoms with Crippen molar-refractivity contribution in [2.75, 3.05) is 43.4 Å². The van der Waals surface area contributed by atoms with Crippen LogP contribution in [0.4, 0.5) is 11.6 Å². The summed E-state index contributed by atoms with van der Waals surface area (Å²) < 4.78 is 2.04. The van der Waals surface area contributed by atoms with Crippen molar-refractivity contribution < 1.29 is 14.4 Å². The fourth-order valence-electron chi connectivity index (χ4n) is 6.66. The second-order valence-corrected chi connectivity index (χ2v) is 13.3. The smallest absolute Gasteiger partial charge is 0.268 e. The first-order valence-corrected chi connectivity index (χ1v) is 16.4. The molecule has 1 aliphatic carbocycles. The summed E-state index contributed by atoms with van der Waals surface area (Å²) in [4.78, 5) is 51.4. The Morgan fingerprint density at radius 1 is 1.02 bits per heavy atom. The number of hydrogen-bond donors (Lipinski definition) is 1. The second kappa shape index (κ2) is 13.0. The lowest BCUT2D eigenvalue weighted by Crippen LogP contribution is -2.27. The van der Waals surface area contributed by atoms with Crippen molar-refractivity contribution >= 4 is 51.7 Å². The second-order valence-electron chi connectivity index (χ2n) is 12.1. The number of carbonyl (C=O) groups excluding carboxylic acids is 3. The lowest BCUT2D eigenvalue weighted by atomic mass is 10.0. The molecule has 3 fully saturated rings. The summed E-state index contributed by atoms with van der Waals surface area (Å²) in [6, 6.07) is 9.86. The van der Waals surface area contributed by atoms with E-state index in [1.165, 1.54) is 41.9 Å². The van der Waals surface area contributed by atoms with Crippen molar-refractivity contribution in [1.29, 1.82) is 0 Å². The van der Waals surface area contributed by atoms with Crippen LogP contribution in [0, 0.1) is 5.92 Å². The highest BCUT2D eigenvalue weighted by molar-refractivity contribution is 7.14. The topological polar surface area (TPSA) is 90.8 Å². The highest BCUT2D eigenvalue weighted by atomic mass is 32.1. The molecule has 0 bridgehead atoms. The van der Waals surface area contributed by atoms with Gasteiger partial charge in [0.25, 0.3) is 5.91 Å². The first-order chi connectivity index (χ1) is 20.4. The molecule has 9 nitrogen and oxygen atoms in total. The Morgan fingerprint density at radius 2 is 1.83 bits per heavy atom. The minimum absolute atomic E-state index is 0.131. The molecule has 3 aromatic rings. The first kappa shape index (κ1) is 28.9. The molecule has 2 aromatic heterocycles. The van der Waals surface area contributed by atoms with Gasteiger partial charge in [-0.05, 0) is 87.9 Å². The molecule has 6 rings (SSSR count). The summed E-state index contributed by atoms with van der Waals surface area (Å²) in [6.45, 7) is 5.26. The van der Waals surface area contributed by atoms with Crippen LogP contribution in [0.15, 0.2) is 30.3 Å². The first-order valence-electron chi connectivity index (χ1n) is 15.6. The number of fused-ring (bicyclic) bond motifs is 1. The molecule has 224 valence electrons. The van der Waals surface area contributed by atoms with Gasteiger partial charge in [0.05, 0.1) is 15.9 Å². The minimum Gasteiger partial charge on any atom is -0.343 e. The van der Waals surface area contributed by atoms with E-state index in [1.54, 1.807) is 4.90 Å². The summed E-state index contributed by atoms with van der Waals surface area (Å²) >= 11 is 1.54. The van der Waals surface area contributed by atoms with Crippen molar-refractivity contribution in [3.05, 3.63) is 40.1 Å². The number of rotatable bonds is 11. The molecule has 1 N–H and O–H groups in total. The van der Waals surface area contributed by atoms with Crippen molar-refractivity contribution in [2.45, 2.75) is 77.3 Å². The van der Waals surface area contributed by atoms with Gasteiger partial charge >= 0.3 is 0 Å². The number of thiophene rings is 1. The minimum atomic E-state index is -0.164. The summed E-state index contributed by atoms with van der Waals surface area (Å²) in [5.74, 6) is 1.17. The SMILES string of the molecule is CN(C(=O)CC1CCCC1)c1ccc2c(c1)nc(NC(=O)c1ccc(CN3CCCC3)s1)n2CCCN1CCCC1=O. The molecule has 4 heterocycles. The molecule has 0 atom stereocenters. The number of likely N-dealkylation sites (tertiary alicyclic amines) is 2. The summed E-state index contributed by atoms with van der Waals surface area (Å²) in [6.07, 6.45) is 10.1. The van der Waals surface area contributed by atoms with Crippen LogP contribution in [0.5, 0.6) is 0 Å². The van der Waals surface area contributed by atoms with Crippen LogP contribution in [-0.4, -0.2) is 70.3 Å². The zero-order valence-corrected chi connectivity index (χ0v) is 25.5. The Kier molecular flexibility index (Phi) is 8.90. The van der Waals surface area contributed by atoms with Gasteiger partial charge in [-0.1, -0.05) is 12.8 Å². The number of anilines is 2. The highest BCUT2D eigenvalue weighted by Gasteiger charge is 2.24. The number of hydrogen-bond acceptors (Lipinski definition) is 6. The molecule has 0 spiro atoms.